The Labute approximate surface area is 146 Å². The molecule has 120 valence electrons. The van der Waals surface area contributed by atoms with Crippen LogP contribution in [0.1, 0.15) is 25.7 Å². The number of carbonyl (C=O) groups excluding carboxylic acids is 1. The van der Waals surface area contributed by atoms with E-state index in [2.05, 4.69) is 32.8 Å². The summed E-state index contributed by atoms with van der Waals surface area (Å²) in [5, 5.41) is 2.99. The molecule has 5 heteroatoms. The van der Waals surface area contributed by atoms with Gasteiger partial charge >= 0.3 is 6.03 Å². The first kappa shape index (κ1) is 16.1. The van der Waals surface area contributed by atoms with Gasteiger partial charge in [-0.2, -0.15) is 0 Å². The molecule has 1 heterocycles. The Kier molecular flexibility index (Phi) is 5.23. The average molecular weight is 413 g/mol. The van der Waals surface area contributed by atoms with E-state index in [0.717, 1.165) is 37.5 Å². The van der Waals surface area contributed by atoms with E-state index in [4.69, 9.17) is 0 Å². The van der Waals surface area contributed by atoms with E-state index < -0.39 is 0 Å². The van der Waals surface area contributed by atoms with Crippen LogP contribution in [0.5, 0.6) is 0 Å². The predicted octanol–water partition coefficient (Wildman–Crippen LogP) is 3.63. The molecule has 1 aliphatic heterocycles. The maximum atomic E-state index is 12.4. The molecule has 22 heavy (non-hydrogen) atoms. The molecule has 1 saturated carbocycles. The quantitative estimate of drug-likeness (QED) is 0.766. The monoisotopic (exact) mass is 413 g/mol. The molecule has 2 amide bonds. The fraction of sp³-hybridized carbons (Fsp3) is 0.588. The number of hydrogen-bond donors (Lipinski definition) is 1. The zero-order chi connectivity index (χ0) is 15.5. The summed E-state index contributed by atoms with van der Waals surface area (Å²) in [5.41, 5.74) is 0.864. The Bertz CT molecular complexity index is 507. The van der Waals surface area contributed by atoms with Gasteiger partial charge < -0.3 is 15.1 Å². The van der Waals surface area contributed by atoms with Crippen LogP contribution in [0, 0.1) is 9.49 Å². The predicted molar refractivity (Wildman–Crippen MR) is 98.1 cm³/mol. The maximum absolute atomic E-state index is 12.4. The molecule has 4 nitrogen and oxygen atoms in total. The lowest BCUT2D eigenvalue weighted by Crippen LogP contribution is -2.47. The van der Waals surface area contributed by atoms with Crippen LogP contribution in [0.4, 0.5) is 10.5 Å². The van der Waals surface area contributed by atoms with Crippen LogP contribution < -0.4 is 5.32 Å². The van der Waals surface area contributed by atoms with E-state index in [-0.39, 0.29) is 6.03 Å². The second-order valence-corrected chi connectivity index (χ2v) is 7.77. The van der Waals surface area contributed by atoms with E-state index in [0.29, 0.717) is 6.04 Å². The Balaban J connectivity index is 1.47. The molecule has 1 aliphatic carbocycles. The topological polar surface area (TPSA) is 35.6 Å². The molecule has 2 fully saturated rings. The summed E-state index contributed by atoms with van der Waals surface area (Å²) in [6.07, 6.45) is 5.00. The van der Waals surface area contributed by atoms with Crippen LogP contribution in [0.25, 0.3) is 0 Å². The molecule has 2 aliphatic rings. The lowest BCUT2D eigenvalue weighted by atomic mass is 10.0. The second kappa shape index (κ2) is 7.17. The SMILES string of the molecule is CN(C(=O)Nc1ccc(I)cc1)C1CCN(CC2CC2)CC1. The molecule has 0 unspecified atom stereocenters. The van der Waals surface area contributed by atoms with Crippen molar-refractivity contribution in [1.82, 2.24) is 9.80 Å². The minimum Gasteiger partial charge on any atom is -0.325 e. The molecule has 1 saturated heterocycles. The number of urea groups is 1. The van der Waals surface area contributed by atoms with E-state index in [1.807, 2.05) is 36.2 Å². The first-order valence-corrected chi connectivity index (χ1v) is 9.21. The number of anilines is 1. The average Bonchev–Trinajstić information content (AvgIpc) is 3.33. The van der Waals surface area contributed by atoms with Gasteiger partial charge in [0.1, 0.15) is 0 Å². The summed E-state index contributed by atoms with van der Waals surface area (Å²) >= 11 is 2.27. The van der Waals surface area contributed by atoms with E-state index in [1.54, 1.807) is 0 Å². The Hall–Kier alpha value is -0.820. The zero-order valence-corrected chi connectivity index (χ0v) is 15.3. The minimum absolute atomic E-state index is 0.00171. The van der Waals surface area contributed by atoms with Gasteiger partial charge in [0.2, 0.25) is 0 Å². The van der Waals surface area contributed by atoms with Crippen molar-refractivity contribution >= 4 is 34.3 Å². The summed E-state index contributed by atoms with van der Waals surface area (Å²) in [6.45, 7) is 3.52. The van der Waals surface area contributed by atoms with Gasteiger partial charge in [0.15, 0.2) is 0 Å². The Morgan fingerprint density at radius 2 is 1.86 bits per heavy atom. The Morgan fingerprint density at radius 1 is 1.23 bits per heavy atom. The fourth-order valence-electron chi connectivity index (χ4n) is 3.07. The smallest absolute Gasteiger partial charge is 0.321 e. The largest absolute Gasteiger partial charge is 0.325 e. The lowest BCUT2D eigenvalue weighted by Gasteiger charge is -2.36. The molecule has 1 aromatic carbocycles. The highest BCUT2D eigenvalue weighted by Crippen LogP contribution is 2.30. The molecule has 0 spiro atoms. The number of benzene rings is 1. The lowest BCUT2D eigenvalue weighted by molar-refractivity contribution is 0.138. The highest BCUT2D eigenvalue weighted by atomic mass is 127. The number of nitrogens with zero attached hydrogens (tertiary/aromatic N) is 2. The summed E-state index contributed by atoms with van der Waals surface area (Å²) in [6, 6.07) is 8.28. The van der Waals surface area contributed by atoms with E-state index >= 15 is 0 Å². The van der Waals surface area contributed by atoms with Crippen LogP contribution in [-0.2, 0) is 0 Å². The van der Waals surface area contributed by atoms with Crippen molar-refractivity contribution in [2.75, 3.05) is 32.0 Å². The van der Waals surface area contributed by atoms with Gasteiger partial charge in [-0.05, 0) is 78.5 Å². The van der Waals surface area contributed by atoms with Crippen molar-refractivity contribution < 1.29 is 4.79 Å². The molecule has 3 rings (SSSR count). The molecule has 1 aromatic rings. The number of amides is 2. The molecular weight excluding hydrogens is 389 g/mol. The molecular formula is C17H24IN3O. The van der Waals surface area contributed by atoms with Crippen molar-refractivity contribution in [1.29, 1.82) is 0 Å². The Morgan fingerprint density at radius 3 is 2.45 bits per heavy atom. The van der Waals surface area contributed by atoms with Gasteiger partial charge in [0.05, 0.1) is 0 Å². The highest BCUT2D eigenvalue weighted by molar-refractivity contribution is 14.1. The van der Waals surface area contributed by atoms with Crippen molar-refractivity contribution in [2.24, 2.45) is 5.92 Å². The van der Waals surface area contributed by atoms with Crippen molar-refractivity contribution in [3.05, 3.63) is 27.8 Å². The van der Waals surface area contributed by atoms with Crippen LogP contribution >= 0.6 is 22.6 Å². The van der Waals surface area contributed by atoms with Gasteiger partial charge in [-0.25, -0.2) is 4.79 Å². The first-order valence-electron chi connectivity index (χ1n) is 8.13. The third kappa shape index (κ3) is 4.35. The van der Waals surface area contributed by atoms with Gasteiger partial charge in [0.25, 0.3) is 0 Å². The number of piperidine rings is 1. The van der Waals surface area contributed by atoms with Gasteiger partial charge in [-0.1, -0.05) is 0 Å². The van der Waals surface area contributed by atoms with E-state index in [9.17, 15) is 4.79 Å². The molecule has 0 radical (unpaired) electrons. The van der Waals surface area contributed by atoms with Gasteiger partial charge in [-0.3, -0.25) is 0 Å². The number of halogens is 1. The molecule has 0 atom stereocenters. The summed E-state index contributed by atoms with van der Waals surface area (Å²) in [7, 11) is 1.92. The van der Waals surface area contributed by atoms with Crippen LogP contribution in [-0.4, -0.2) is 48.6 Å². The van der Waals surface area contributed by atoms with Crippen LogP contribution in [0.3, 0.4) is 0 Å². The minimum atomic E-state index is 0.00171. The number of likely N-dealkylation sites (tertiary alicyclic amines) is 1. The molecule has 0 aromatic heterocycles. The summed E-state index contributed by atoms with van der Waals surface area (Å²) in [4.78, 5) is 16.8. The highest BCUT2D eigenvalue weighted by Gasteiger charge is 2.29. The van der Waals surface area contributed by atoms with E-state index in [1.165, 1.54) is 23.0 Å². The normalized spacial score (nSPS) is 19.9. The van der Waals surface area contributed by atoms with Crippen molar-refractivity contribution in [3.8, 4) is 0 Å². The number of rotatable bonds is 4. The maximum Gasteiger partial charge on any atom is 0.321 e. The summed E-state index contributed by atoms with van der Waals surface area (Å²) < 4.78 is 1.17. The number of hydrogen-bond acceptors (Lipinski definition) is 2. The number of nitrogens with one attached hydrogen (secondary N) is 1. The van der Waals surface area contributed by atoms with Crippen molar-refractivity contribution in [3.63, 3.8) is 0 Å². The summed E-state index contributed by atoms with van der Waals surface area (Å²) in [5.74, 6) is 0.957. The number of carbonyl (C=O) groups is 1. The standard InChI is InChI=1S/C17H24IN3O/c1-20(17(22)19-15-6-4-14(18)5-7-15)16-8-10-21(11-9-16)12-13-2-3-13/h4-7,13,16H,2-3,8-12H2,1H3,(H,19,22). The fourth-order valence-corrected chi connectivity index (χ4v) is 3.43. The van der Waals surface area contributed by atoms with Crippen LogP contribution in [0.15, 0.2) is 24.3 Å². The van der Waals surface area contributed by atoms with Gasteiger partial charge in [0, 0.05) is 42.0 Å². The van der Waals surface area contributed by atoms with Gasteiger partial charge in [-0.15, -0.1) is 0 Å². The van der Waals surface area contributed by atoms with Crippen molar-refractivity contribution in [2.45, 2.75) is 31.7 Å². The zero-order valence-electron chi connectivity index (χ0n) is 13.1. The third-order valence-corrected chi connectivity index (χ3v) is 5.45. The van der Waals surface area contributed by atoms with Crippen LogP contribution in [0.2, 0.25) is 0 Å². The third-order valence-electron chi connectivity index (χ3n) is 4.73. The second-order valence-electron chi connectivity index (χ2n) is 6.52. The molecule has 1 N–H and O–H groups in total. The first-order chi connectivity index (χ1) is 10.6. The molecule has 0 bridgehead atoms.